The minimum absolute atomic E-state index is 0.279. The average molecular weight is 437 g/mol. The second-order valence-electron chi connectivity index (χ2n) is 6.09. The van der Waals surface area contributed by atoms with Crippen molar-refractivity contribution in [3.05, 3.63) is 82.2 Å². The Hall–Kier alpha value is -3.96. The van der Waals surface area contributed by atoms with Gasteiger partial charge in [-0.2, -0.15) is 18.3 Å². The van der Waals surface area contributed by atoms with Crippen molar-refractivity contribution >= 4 is 11.6 Å². The largest absolute Gasteiger partial charge is 0.497 e. The van der Waals surface area contributed by atoms with Gasteiger partial charge in [0, 0.05) is 11.8 Å². The first kappa shape index (κ1) is 23.3. The molecular formula is C19H18F3N5O4. The Balaban J connectivity index is 0.000000785. The summed E-state index contributed by atoms with van der Waals surface area (Å²) < 4.78 is 45.3. The van der Waals surface area contributed by atoms with Crippen molar-refractivity contribution in [1.29, 1.82) is 0 Å². The van der Waals surface area contributed by atoms with Crippen LogP contribution in [0.4, 0.5) is 13.2 Å². The van der Waals surface area contributed by atoms with Crippen LogP contribution in [0.5, 0.6) is 5.75 Å². The van der Waals surface area contributed by atoms with Gasteiger partial charge in [-0.1, -0.05) is 12.1 Å². The molecule has 0 radical (unpaired) electrons. The van der Waals surface area contributed by atoms with Gasteiger partial charge in [-0.05, 0) is 42.8 Å². The molecule has 3 aromatic rings. The molecule has 0 bridgehead atoms. The summed E-state index contributed by atoms with van der Waals surface area (Å²) in [5.74, 6) is 0.714. The minimum atomic E-state index is -4.43. The Morgan fingerprint density at radius 1 is 1.26 bits per heavy atom. The van der Waals surface area contributed by atoms with E-state index in [1.807, 2.05) is 37.3 Å². The fourth-order valence-electron chi connectivity index (χ4n) is 2.58. The number of alkyl halides is 3. The second kappa shape index (κ2) is 10.2. The Morgan fingerprint density at radius 3 is 2.35 bits per heavy atom. The van der Waals surface area contributed by atoms with Gasteiger partial charge in [0.05, 0.1) is 24.4 Å². The monoisotopic (exact) mass is 437 g/mol. The molecule has 1 N–H and O–H groups in total. The number of benzene rings is 1. The number of pyridine rings is 1. The van der Waals surface area contributed by atoms with Crippen molar-refractivity contribution in [3.8, 4) is 5.75 Å². The minimum Gasteiger partial charge on any atom is -0.497 e. The van der Waals surface area contributed by atoms with E-state index in [2.05, 4.69) is 15.1 Å². The molecule has 0 aliphatic heterocycles. The van der Waals surface area contributed by atoms with Crippen LogP contribution in [0.25, 0.3) is 11.6 Å². The highest BCUT2D eigenvalue weighted by Gasteiger charge is 2.31. The number of methoxy groups -OCH3 is 1. The van der Waals surface area contributed by atoms with Crippen LogP contribution >= 0.6 is 0 Å². The predicted octanol–water partition coefficient (Wildman–Crippen LogP) is 4.15. The Morgan fingerprint density at radius 2 is 1.90 bits per heavy atom. The third-order valence-electron chi connectivity index (χ3n) is 4.11. The highest BCUT2D eigenvalue weighted by atomic mass is 19.4. The van der Waals surface area contributed by atoms with Crippen LogP contribution in [0.15, 0.2) is 55.2 Å². The van der Waals surface area contributed by atoms with E-state index < -0.39 is 16.8 Å². The molecule has 0 fully saturated rings. The molecule has 12 heteroatoms. The molecule has 0 spiro atoms. The first-order chi connectivity index (χ1) is 14.6. The summed E-state index contributed by atoms with van der Waals surface area (Å²) in [6.07, 6.45) is 1.23. The van der Waals surface area contributed by atoms with Crippen molar-refractivity contribution in [2.75, 3.05) is 7.11 Å². The van der Waals surface area contributed by atoms with Crippen molar-refractivity contribution in [3.63, 3.8) is 0 Å². The molecule has 3 rings (SSSR count). The zero-order valence-electron chi connectivity index (χ0n) is 16.4. The van der Waals surface area contributed by atoms with E-state index in [1.54, 1.807) is 18.1 Å². The van der Waals surface area contributed by atoms with Crippen LogP contribution < -0.4 is 4.74 Å². The summed E-state index contributed by atoms with van der Waals surface area (Å²) in [5, 5.41) is 17.8. The number of allylic oxidation sites excluding steroid dienone is 1. The third-order valence-corrected chi connectivity index (χ3v) is 4.11. The maximum Gasteiger partial charge on any atom is 0.417 e. The Bertz CT molecular complexity index is 1000. The summed E-state index contributed by atoms with van der Waals surface area (Å²) >= 11 is 0. The third kappa shape index (κ3) is 6.80. The fraction of sp³-hybridized carbons (Fsp3) is 0.211. The van der Waals surface area contributed by atoms with E-state index in [4.69, 9.17) is 20.1 Å². The Labute approximate surface area is 174 Å². The molecule has 0 aliphatic carbocycles. The molecule has 1 atom stereocenters. The van der Waals surface area contributed by atoms with Gasteiger partial charge in [0.1, 0.15) is 18.4 Å². The van der Waals surface area contributed by atoms with Gasteiger partial charge in [0.2, 0.25) is 0 Å². The first-order valence-electron chi connectivity index (χ1n) is 8.68. The second-order valence-corrected chi connectivity index (χ2v) is 6.09. The fourth-order valence-corrected chi connectivity index (χ4v) is 2.58. The summed E-state index contributed by atoms with van der Waals surface area (Å²) in [6.45, 7) is 1.88. The number of halogens is 3. The van der Waals surface area contributed by atoms with Gasteiger partial charge < -0.3 is 9.94 Å². The molecule has 0 saturated carbocycles. The van der Waals surface area contributed by atoms with E-state index in [0.717, 1.165) is 17.8 Å². The van der Waals surface area contributed by atoms with Crippen LogP contribution in [0.1, 0.15) is 29.8 Å². The summed E-state index contributed by atoms with van der Waals surface area (Å²) in [5.41, 5.74) is 1.21. The number of nitrogens with zero attached hydrogens (tertiary/aromatic N) is 5. The highest BCUT2D eigenvalue weighted by molar-refractivity contribution is 5.82. The van der Waals surface area contributed by atoms with Crippen LogP contribution in [0.2, 0.25) is 0 Å². The molecular weight excluding hydrogens is 419 g/mol. The number of hydrogen-bond acceptors (Lipinski definition) is 6. The standard InChI is InChI=1S/C19H17F3N4O.HNO3/c1-13(26-12-23-11-25-26)17(9-14-3-6-16(27-2)7-4-14)18-8-5-15(10-24-18)19(20,21)22;2-1(3)4/h3-13H,1-2H3;(H,2,3,4). The molecule has 0 saturated heterocycles. The van der Waals surface area contributed by atoms with Crippen LogP contribution in [-0.2, 0) is 6.18 Å². The van der Waals surface area contributed by atoms with E-state index in [1.165, 1.54) is 12.4 Å². The number of ether oxygens (including phenoxy) is 1. The molecule has 2 aromatic heterocycles. The smallest absolute Gasteiger partial charge is 0.417 e. The van der Waals surface area contributed by atoms with Crippen molar-refractivity contribution in [2.24, 2.45) is 0 Å². The maximum atomic E-state index is 12.8. The van der Waals surface area contributed by atoms with Gasteiger partial charge in [-0.25, -0.2) is 9.67 Å². The van der Waals surface area contributed by atoms with Gasteiger partial charge in [0.15, 0.2) is 0 Å². The van der Waals surface area contributed by atoms with Gasteiger partial charge in [-0.3, -0.25) is 4.98 Å². The predicted molar refractivity (Wildman–Crippen MR) is 104 cm³/mol. The SMILES string of the molecule is COc1ccc(C=C(c2ccc(C(F)(F)F)cn2)C(C)n2cncn2)cc1.O=[N+]([O-])O. The van der Waals surface area contributed by atoms with Crippen molar-refractivity contribution in [1.82, 2.24) is 19.7 Å². The van der Waals surface area contributed by atoms with Gasteiger partial charge in [-0.15, -0.1) is 10.1 Å². The lowest BCUT2D eigenvalue weighted by molar-refractivity contribution is -0.742. The van der Waals surface area contributed by atoms with E-state index >= 15 is 0 Å². The van der Waals surface area contributed by atoms with Gasteiger partial charge >= 0.3 is 6.18 Å². The number of aromatic nitrogens is 4. The molecule has 0 amide bonds. The average Bonchev–Trinajstić information content (AvgIpc) is 3.26. The first-order valence-corrected chi connectivity index (χ1v) is 8.68. The summed E-state index contributed by atoms with van der Waals surface area (Å²) in [6, 6.07) is 9.45. The molecule has 31 heavy (non-hydrogen) atoms. The van der Waals surface area contributed by atoms with Crippen molar-refractivity contribution < 1.29 is 28.2 Å². The van der Waals surface area contributed by atoms with Crippen molar-refractivity contribution in [2.45, 2.75) is 19.1 Å². The van der Waals surface area contributed by atoms with Gasteiger partial charge in [0.25, 0.3) is 5.09 Å². The lowest BCUT2D eigenvalue weighted by Gasteiger charge is -2.17. The molecule has 164 valence electrons. The van der Waals surface area contributed by atoms with Crippen LogP contribution in [-0.4, -0.2) is 37.2 Å². The zero-order chi connectivity index (χ0) is 23.0. The molecule has 1 aromatic carbocycles. The number of rotatable bonds is 5. The summed E-state index contributed by atoms with van der Waals surface area (Å²) in [4.78, 5) is 16.3. The molecule has 1 unspecified atom stereocenters. The zero-order valence-corrected chi connectivity index (χ0v) is 16.4. The molecule has 2 heterocycles. The molecule has 0 aliphatic rings. The lowest BCUT2D eigenvalue weighted by atomic mass is 10.0. The van der Waals surface area contributed by atoms with Crippen LogP contribution in [0.3, 0.4) is 0 Å². The molecule has 9 nitrogen and oxygen atoms in total. The highest BCUT2D eigenvalue weighted by Crippen LogP contribution is 2.32. The van der Waals surface area contributed by atoms with E-state index in [-0.39, 0.29) is 6.04 Å². The van der Waals surface area contributed by atoms with E-state index in [0.29, 0.717) is 17.0 Å². The summed E-state index contributed by atoms with van der Waals surface area (Å²) in [7, 11) is 1.58. The number of hydrogen-bond donors (Lipinski definition) is 1. The van der Waals surface area contributed by atoms with Crippen LogP contribution in [0, 0.1) is 10.1 Å². The lowest BCUT2D eigenvalue weighted by Crippen LogP contribution is -2.10. The quantitative estimate of drug-likeness (QED) is 0.471. The topological polar surface area (TPSA) is 116 Å². The van der Waals surface area contributed by atoms with E-state index in [9.17, 15) is 13.2 Å². The maximum absolute atomic E-state index is 12.8. The Kier molecular flexibility index (Phi) is 7.66. The normalized spacial score (nSPS) is 12.5.